The van der Waals surface area contributed by atoms with Crippen LogP contribution in [-0.4, -0.2) is 13.2 Å². The molecule has 1 saturated carbocycles. The molecule has 0 spiro atoms. The summed E-state index contributed by atoms with van der Waals surface area (Å²) in [6, 6.07) is 8.16. The van der Waals surface area contributed by atoms with E-state index in [-0.39, 0.29) is 0 Å². The van der Waals surface area contributed by atoms with Crippen molar-refractivity contribution in [3.8, 4) is 11.8 Å². The van der Waals surface area contributed by atoms with Crippen LogP contribution < -0.4 is 10.1 Å². The molecule has 2 atom stereocenters. The van der Waals surface area contributed by atoms with Gasteiger partial charge in [0.2, 0.25) is 0 Å². The van der Waals surface area contributed by atoms with Crippen molar-refractivity contribution in [2.24, 2.45) is 5.92 Å². The van der Waals surface area contributed by atoms with Crippen molar-refractivity contribution >= 4 is 5.69 Å². The molecule has 78 valence electrons. The van der Waals surface area contributed by atoms with Crippen molar-refractivity contribution in [2.45, 2.75) is 19.4 Å². The standard InChI is InChI=1S/C12H14N2O/c1-8-5-11(8)14-12-6-10(15-2)4-3-9(12)7-13/h3-4,6,8,11,14H,5H2,1-2H3. The molecule has 1 aromatic carbocycles. The molecule has 1 fully saturated rings. The summed E-state index contributed by atoms with van der Waals surface area (Å²) in [6.45, 7) is 2.20. The lowest BCUT2D eigenvalue weighted by atomic mass is 10.2. The maximum Gasteiger partial charge on any atom is 0.121 e. The predicted octanol–water partition coefficient (Wildman–Crippen LogP) is 2.39. The average molecular weight is 202 g/mol. The second kappa shape index (κ2) is 3.82. The summed E-state index contributed by atoms with van der Waals surface area (Å²) in [5, 5.41) is 12.3. The molecule has 2 unspecified atom stereocenters. The van der Waals surface area contributed by atoms with E-state index >= 15 is 0 Å². The van der Waals surface area contributed by atoms with Gasteiger partial charge in [-0.25, -0.2) is 0 Å². The monoisotopic (exact) mass is 202 g/mol. The molecule has 1 aliphatic carbocycles. The van der Waals surface area contributed by atoms with Gasteiger partial charge in [0.25, 0.3) is 0 Å². The van der Waals surface area contributed by atoms with Gasteiger partial charge in [-0.15, -0.1) is 0 Å². The van der Waals surface area contributed by atoms with E-state index in [1.807, 2.05) is 6.07 Å². The number of hydrogen-bond donors (Lipinski definition) is 1. The zero-order valence-corrected chi connectivity index (χ0v) is 8.95. The van der Waals surface area contributed by atoms with Gasteiger partial charge in [-0.3, -0.25) is 0 Å². The Kier molecular flexibility index (Phi) is 2.51. The van der Waals surface area contributed by atoms with E-state index < -0.39 is 0 Å². The molecule has 1 aromatic rings. The third-order valence-electron chi connectivity index (χ3n) is 2.80. The van der Waals surface area contributed by atoms with Crippen LogP contribution in [0.4, 0.5) is 5.69 Å². The molecule has 1 N–H and O–H groups in total. The van der Waals surface area contributed by atoms with Crippen LogP contribution in [0.3, 0.4) is 0 Å². The Balaban J connectivity index is 2.22. The molecule has 2 rings (SSSR count). The minimum atomic E-state index is 0.518. The zero-order valence-electron chi connectivity index (χ0n) is 8.95. The van der Waals surface area contributed by atoms with E-state index in [4.69, 9.17) is 10.00 Å². The number of benzene rings is 1. The van der Waals surface area contributed by atoms with Crippen molar-refractivity contribution in [1.82, 2.24) is 0 Å². The third-order valence-corrected chi connectivity index (χ3v) is 2.80. The summed E-state index contributed by atoms with van der Waals surface area (Å²) < 4.78 is 5.13. The summed E-state index contributed by atoms with van der Waals surface area (Å²) in [6.07, 6.45) is 1.18. The van der Waals surface area contributed by atoms with Gasteiger partial charge in [-0.2, -0.15) is 5.26 Å². The van der Waals surface area contributed by atoms with Gasteiger partial charge in [-0.1, -0.05) is 6.92 Å². The molecule has 0 radical (unpaired) electrons. The van der Waals surface area contributed by atoms with Crippen LogP contribution in [-0.2, 0) is 0 Å². The van der Waals surface area contributed by atoms with Gasteiger partial charge in [0.05, 0.1) is 18.4 Å². The van der Waals surface area contributed by atoms with Crippen LogP contribution in [0.1, 0.15) is 18.9 Å². The van der Waals surface area contributed by atoms with Gasteiger partial charge in [0.1, 0.15) is 11.8 Å². The lowest BCUT2D eigenvalue weighted by Gasteiger charge is -2.09. The molecule has 15 heavy (non-hydrogen) atoms. The summed E-state index contributed by atoms with van der Waals surface area (Å²) in [5.74, 6) is 1.49. The Labute approximate surface area is 89.7 Å². The van der Waals surface area contributed by atoms with E-state index in [9.17, 15) is 0 Å². The number of nitrogens with one attached hydrogen (secondary N) is 1. The first-order valence-electron chi connectivity index (χ1n) is 5.09. The highest BCUT2D eigenvalue weighted by atomic mass is 16.5. The molecular formula is C12H14N2O. The highest BCUT2D eigenvalue weighted by Gasteiger charge is 2.32. The maximum absolute atomic E-state index is 8.95. The normalized spacial score (nSPS) is 23.0. The molecule has 3 heteroatoms. The number of ether oxygens (including phenoxy) is 1. The summed E-state index contributed by atoms with van der Waals surface area (Å²) in [4.78, 5) is 0. The zero-order chi connectivity index (χ0) is 10.8. The Bertz CT molecular complexity index is 409. The molecule has 0 bridgehead atoms. The molecule has 0 heterocycles. The van der Waals surface area contributed by atoms with E-state index in [2.05, 4.69) is 18.3 Å². The van der Waals surface area contributed by atoms with Crippen LogP contribution >= 0.6 is 0 Å². The second-order valence-corrected chi connectivity index (χ2v) is 3.99. The van der Waals surface area contributed by atoms with Crippen molar-refractivity contribution in [2.75, 3.05) is 12.4 Å². The summed E-state index contributed by atoms with van der Waals surface area (Å²) >= 11 is 0. The first-order chi connectivity index (χ1) is 7.24. The maximum atomic E-state index is 8.95. The summed E-state index contributed by atoms with van der Waals surface area (Å²) in [5.41, 5.74) is 1.56. The molecule has 0 aliphatic heterocycles. The van der Waals surface area contributed by atoms with E-state index in [1.165, 1.54) is 6.42 Å². The van der Waals surface area contributed by atoms with Crippen LogP contribution in [0.5, 0.6) is 5.75 Å². The fraction of sp³-hybridized carbons (Fsp3) is 0.417. The van der Waals surface area contributed by atoms with Crippen LogP contribution in [0.15, 0.2) is 18.2 Å². The molecule has 1 aliphatic rings. The van der Waals surface area contributed by atoms with Crippen LogP contribution in [0, 0.1) is 17.2 Å². The van der Waals surface area contributed by atoms with E-state index in [1.54, 1.807) is 19.2 Å². The fourth-order valence-electron chi connectivity index (χ4n) is 1.59. The highest BCUT2D eigenvalue weighted by molar-refractivity contribution is 5.61. The lowest BCUT2D eigenvalue weighted by molar-refractivity contribution is 0.415. The number of nitrogens with zero attached hydrogens (tertiary/aromatic N) is 1. The third kappa shape index (κ3) is 2.04. The molecular weight excluding hydrogens is 188 g/mol. The number of anilines is 1. The molecule has 0 amide bonds. The van der Waals surface area contributed by atoms with Gasteiger partial charge in [0, 0.05) is 12.1 Å². The SMILES string of the molecule is COc1ccc(C#N)c(NC2CC2C)c1. The van der Waals surface area contributed by atoms with Crippen molar-refractivity contribution < 1.29 is 4.74 Å². The van der Waals surface area contributed by atoms with Gasteiger partial charge in [0.15, 0.2) is 0 Å². The smallest absolute Gasteiger partial charge is 0.121 e. The predicted molar refractivity (Wildman–Crippen MR) is 58.9 cm³/mol. The van der Waals surface area contributed by atoms with E-state index in [0.29, 0.717) is 17.5 Å². The van der Waals surface area contributed by atoms with Crippen molar-refractivity contribution in [3.05, 3.63) is 23.8 Å². The van der Waals surface area contributed by atoms with E-state index in [0.717, 1.165) is 11.4 Å². The Hall–Kier alpha value is -1.69. The van der Waals surface area contributed by atoms with Crippen LogP contribution in [0.2, 0.25) is 0 Å². The number of rotatable bonds is 3. The van der Waals surface area contributed by atoms with Crippen molar-refractivity contribution in [1.29, 1.82) is 5.26 Å². The average Bonchev–Trinajstić information content (AvgIpc) is 2.94. The van der Waals surface area contributed by atoms with Gasteiger partial charge >= 0.3 is 0 Å². The second-order valence-electron chi connectivity index (χ2n) is 3.99. The Morgan fingerprint density at radius 2 is 2.27 bits per heavy atom. The number of methoxy groups -OCH3 is 1. The minimum Gasteiger partial charge on any atom is -0.497 e. The molecule has 0 saturated heterocycles. The molecule has 0 aromatic heterocycles. The molecule has 3 nitrogen and oxygen atoms in total. The van der Waals surface area contributed by atoms with Crippen molar-refractivity contribution in [3.63, 3.8) is 0 Å². The Morgan fingerprint density at radius 3 is 2.80 bits per heavy atom. The number of nitriles is 1. The number of hydrogen-bond acceptors (Lipinski definition) is 3. The van der Waals surface area contributed by atoms with Crippen LogP contribution in [0.25, 0.3) is 0 Å². The first kappa shape index (κ1) is 9.85. The Morgan fingerprint density at radius 1 is 1.53 bits per heavy atom. The highest BCUT2D eigenvalue weighted by Crippen LogP contribution is 2.34. The first-order valence-corrected chi connectivity index (χ1v) is 5.09. The fourth-order valence-corrected chi connectivity index (χ4v) is 1.59. The minimum absolute atomic E-state index is 0.518. The summed E-state index contributed by atoms with van der Waals surface area (Å²) in [7, 11) is 1.63. The topological polar surface area (TPSA) is 45.0 Å². The lowest BCUT2D eigenvalue weighted by Crippen LogP contribution is -2.05. The largest absolute Gasteiger partial charge is 0.497 e. The van der Waals surface area contributed by atoms with Gasteiger partial charge < -0.3 is 10.1 Å². The quantitative estimate of drug-likeness (QED) is 0.818. The van der Waals surface area contributed by atoms with Gasteiger partial charge in [-0.05, 0) is 24.5 Å².